The van der Waals surface area contributed by atoms with Crippen LogP contribution in [-0.2, 0) is 10.2 Å². The number of hydrogen-bond acceptors (Lipinski definition) is 6. The summed E-state index contributed by atoms with van der Waals surface area (Å²) >= 11 is 3.46. The summed E-state index contributed by atoms with van der Waals surface area (Å²) in [6.45, 7) is 8.26. The van der Waals surface area contributed by atoms with Gasteiger partial charge in [0.1, 0.15) is 22.6 Å². The molecule has 3 rings (SSSR count). The van der Waals surface area contributed by atoms with E-state index in [9.17, 15) is 14.4 Å². The molecule has 0 spiro atoms. The summed E-state index contributed by atoms with van der Waals surface area (Å²) < 4.78 is 17.3. The van der Waals surface area contributed by atoms with Crippen molar-refractivity contribution in [3.63, 3.8) is 0 Å². The minimum atomic E-state index is -0.757. The molecule has 0 aliphatic carbocycles. The molecule has 2 aromatic carbocycles. The van der Waals surface area contributed by atoms with Crippen LogP contribution in [0.15, 0.2) is 56.1 Å². The van der Waals surface area contributed by atoms with Crippen molar-refractivity contribution in [2.45, 2.75) is 39.5 Å². The minimum Gasteiger partial charge on any atom is -0.482 e. The Labute approximate surface area is 200 Å². The Kier molecular flexibility index (Phi) is 7.58. The number of halogens is 1. The van der Waals surface area contributed by atoms with E-state index in [1.165, 1.54) is 12.1 Å². The lowest BCUT2D eigenvalue weighted by atomic mass is 9.86. The summed E-state index contributed by atoms with van der Waals surface area (Å²) in [6, 6.07) is 11.7. The molecule has 0 aliphatic heterocycles. The summed E-state index contributed by atoms with van der Waals surface area (Å²) in [5.74, 6) is -0.284. The van der Waals surface area contributed by atoms with Gasteiger partial charge in [0.2, 0.25) is 0 Å². The van der Waals surface area contributed by atoms with E-state index in [2.05, 4.69) is 42.0 Å². The average molecular weight is 516 g/mol. The fourth-order valence-corrected chi connectivity index (χ4v) is 3.52. The van der Waals surface area contributed by atoms with Gasteiger partial charge < -0.3 is 19.2 Å². The van der Waals surface area contributed by atoms with Crippen LogP contribution in [0.2, 0.25) is 0 Å². The number of amides is 1. The predicted molar refractivity (Wildman–Crippen MR) is 129 cm³/mol. The third kappa shape index (κ3) is 6.22. The third-order valence-corrected chi connectivity index (χ3v) is 5.31. The quantitative estimate of drug-likeness (QED) is 0.271. The van der Waals surface area contributed by atoms with E-state index >= 15 is 0 Å². The Bertz CT molecular complexity index is 1240. The zero-order chi connectivity index (χ0) is 24.2. The van der Waals surface area contributed by atoms with Gasteiger partial charge in [-0.1, -0.05) is 43.6 Å². The first kappa shape index (κ1) is 24.5. The van der Waals surface area contributed by atoms with E-state index in [1.54, 1.807) is 18.2 Å². The highest BCUT2D eigenvalue weighted by Gasteiger charge is 2.20. The second-order valence-corrected chi connectivity index (χ2v) is 9.47. The fourth-order valence-electron chi connectivity index (χ4n) is 3.16. The van der Waals surface area contributed by atoms with Gasteiger partial charge in [0.05, 0.1) is 0 Å². The number of nitrogens with one attached hydrogen (secondary N) is 1. The molecule has 1 N–H and O–H groups in total. The molecule has 174 valence electrons. The lowest BCUT2D eigenvalue weighted by Crippen LogP contribution is -2.28. The first-order chi connectivity index (χ1) is 15.6. The molecular weight excluding hydrogens is 490 g/mol. The highest BCUT2D eigenvalue weighted by Crippen LogP contribution is 2.33. The normalized spacial score (nSPS) is 11.3. The monoisotopic (exact) mass is 515 g/mol. The number of carbonyl (C=O) groups excluding carboxylic acids is 2. The number of carbonyl (C=O) groups is 2. The molecule has 0 bridgehead atoms. The largest absolute Gasteiger partial charge is 0.482 e. The Morgan fingerprint density at radius 2 is 1.85 bits per heavy atom. The van der Waals surface area contributed by atoms with Gasteiger partial charge in [-0.15, -0.1) is 0 Å². The molecule has 0 radical (unpaired) electrons. The molecule has 1 amide bonds. The van der Waals surface area contributed by atoms with E-state index in [-0.39, 0.29) is 28.9 Å². The van der Waals surface area contributed by atoms with Gasteiger partial charge in [-0.25, -0.2) is 9.59 Å². The van der Waals surface area contributed by atoms with Crippen LogP contribution >= 0.6 is 15.9 Å². The first-order valence-corrected chi connectivity index (χ1v) is 11.4. The van der Waals surface area contributed by atoms with E-state index in [0.29, 0.717) is 17.7 Å². The Morgan fingerprint density at radius 3 is 2.55 bits per heavy atom. The molecule has 0 saturated carbocycles. The third-order valence-electron chi connectivity index (χ3n) is 4.81. The van der Waals surface area contributed by atoms with Crippen LogP contribution in [0.3, 0.4) is 0 Å². The van der Waals surface area contributed by atoms with Gasteiger partial charge in [0, 0.05) is 28.0 Å². The Balaban J connectivity index is 1.72. The second-order valence-electron chi connectivity index (χ2n) is 8.56. The smallest absolute Gasteiger partial charge is 0.349 e. The maximum atomic E-state index is 12.4. The molecule has 33 heavy (non-hydrogen) atoms. The lowest BCUT2D eigenvalue weighted by Gasteiger charge is -2.23. The van der Waals surface area contributed by atoms with Crippen molar-refractivity contribution >= 4 is 38.8 Å². The van der Waals surface area contributed by atoms with Crippen molar-refractivity contribution in [3.05, 3.63) is 68.5 Å². The van der Waals surface area contributed by atoms with Crippen molar-refractivity contribution in [2.75, 3.05) is 13.2 Å². The summed E-state index contributed by atoms with van der Waals surface area (Å²) in [5.41, 5.74) is 0.161. The maximum Gasteiger partial charge on any atom is 0.349 e. The zero-order valence-corrected chi connectivity index (χ0v) is 20.6. The number of rotatable bonds is 7. The van der Waals surface area contributed by atoms with E-state index in [0.717, 1.165) is 16.5 Å². The molecular formula is C25H26BrNO6. The standard InChI is InChI=1S/C25H26BrNO6/c1-5-10-27-23(29)18-11-15-6-8-17(13-21(15)33-24(18)30)32-22(28)14-31-20-9-7-16(26)12-19(20)25(2,3)4/h6-9,11-13H,5,10,14H2,1-4H3,(H,27,29). The summed E-state index contributed by atoms with van der Waals surface area (Å²) in [6.07, 6.45) is 0.752. The molecule has 8 heteroatoms. The van der Waals surface area contributed by atoms with Gasteiger partial charge in [0.25, 0.3) is 5.91 Å². The summed E-state index contributed by atoms with van der Waals surface area (Å²) in [5, 5.41) is 3.19. The average Bonchev–Trinajstić information content (AvgIpc) is 2.75. The number of esters is 1. The molecule has 0 saturated heterocycles. The van der Waals surface area contributed by atoms with Gasteiger partial charge in [-0.3, -0.25) is 4.79 Å². The maximum absolute atomic E-state index is 12.4. The van der Waals surface area contributed by atoms with Crippen LogP contribution in [0, 0.1) is 0 Å². The lowest BCUT2D eigenvalue weighted by molar-refractivity contribution is -0.136. The second kappa shape index (κ2) is 10.2. The van der Waals surface area contributed by atoms with Crippen molar-refractivity contribution in [1.82, 2.24) is 5.32 Å². The SMILES string of the molecule is CCCNC(=O)c1cc2ccc(OC(=O)COc3ccc(Br)cc3C(C)(C)C)cc2oc1=O. The topological polar surface area (TPSA) is 94.8 Å². The molecule has 0 fully saturated rings. The number of fused-ring (bicyclic) bond motifs is 1. The minimum absolute atomic E-state index is 0.0711. The number of benzene rings is 2. The zero-order valence-electron chi connectivity index (χ0n) is 19.0. The molecule has 7 nitrogen and oxygen atoms in total. The fraction of sp³-hybridized carbons (Fsp3) is 0.320. The van der Waals surface area contributed by atoms with Gasteiger partial charge in [-0.05, 0) is 48.2 Å². The highest BCUT2D eigenvalue weighted by molar-refractivity contribution is 9.10. The van der Waals surface area contributed by atoms with Crippen LogP contribution in [0.1, 0.15) is 50.0 Å². The summed E-state index contributed by atoms with van der Waals surface area (Å²) in [7, 11) is 0. The van der Waals surface area contributed by atoms with Gasteiger partial charge in [0.15, 0.2) is 6.61 Å². The summed E-state index contributed by atoms with van der Waals surface area (Å²) in [4.78, 5) is 36.7. The van der Waals surface area contributed by atoms with E-state index < -0.39 is 17.5 Å². The van der Waals surface area contributed by atoms with Crippen LogP contribution in [0.5, 0.6) is 11.5 Å². The van der Waals surface area contributed by atoms with E-state index in [1.807, 2.05) is 19.1 Å². The van der Waals surface area contributed by atoms with Crippen molar-refractivity contribution in [1.29, 1.82) is 0 Å². The molecule has 3 aromatic rings. The predicted octanol–water partition coefficient (Wildman–Crippen LogP) is 4.98. The number of ether oxygens (including phenoxy) is 2. The van der Waals surface area contributed by atoms with Crippen LogP contribution < -0.4 is 20.4 Å². The molecule has 0 aliphatic rings. The van der Waals surface area contributed by atoms with Gasteiger partial charge in [-0.2, -0.15) is 0 Å². The van der Waals surface area contributed by atoms with E-state index in [4.69, 9.17) is 13.9 Å². The number of hydrogen-bond donors (Lipinski definition) is 1. The molecule has 1 aromatic heterocycles. The van der Waals surface area contributed by atoms with Crippen LogP contribution in [-0.4, -0.2) is 25.0 Å². The Hall–Kier alpha value is -3.13. The van der Waals surface area contributed by atoms with Crippen LogP contribution in [0.4, 0.5) is 0 Å². The molecule has 0 unspecified atom stereocenters. The van der Waals surface area contributed by atoms with Crippen LogP contribution in [0.25, 0.3) is 11.0 Å². The highest BCUT2D eigenvalue weighted by atomic mass is 79.9. The molecule has 0 atom stereocenters. The Morgan fingerprint density at radius 1 is 1.09 bits per heavy atom. The van der Waals surface area contributed by atoms with Gasteiger partial charge >= 0.3 is 11.6 Å². The van der Waals surface area contributed by atoms with Crippen molar-refractivity contribution < 1.29 is 23.5 Å². The first-order valence-electron chi connectivity index (χ1n) is 10.6. The van der Waals surface area contributed by atoms with Crippen molar-refractivity contribution in [3.8, 4) is 11.5 Å². The van der Waals surface area contributed by atoms with Crippen molar-refractivity contribution in [2.24, 2.45) is 0 Å². The molecule has 1 heterocycles.